The van der Waals surface area contributed by atoms with Crippen LogP contribution in [0.1, 0.15) is 31.9 Å². The molecule has 0 saturated heterocycles. The van der Waals surface area contributed by atoms with E-state index in [9.17, 15) is 0 Å². The van der Waals surface area contributed by atoms with Crippen molar-refractivity contribution in [1.29, 1.82) is 0 Å². The first-order valence-corrected chi connectivity index (χ1v) is 6.62. The zero-order chi connectivity index (χ0) is 13.2. The van der Waals surface area contributed by atoms with Crippen molar-refractivity contribution in [3.63, 3.8) is 0 Å². The Morgan fingerprint density at radius 1 is 1.33 bits per heavy atom. The summed E-state index contributed by atoms with van der Waals surface area (Å²) in [5.74, 6) is 0. The molecule has 2 rings (SSSR count). The lowest BCUT2D eigenvalue weighted by Crippen LogP contribution is -2.14. The van der Waals surface area contributed by atoms with Crippen molar-refractivity contribution in [1.82, 2.24) is 4.98 Å². The normalized spacial score (nSPS) is 12.2. The molecule has 0 aliphatic heterocycles. The molecule has 0 spiro atoms. The number of aromatic nitrogens is 1. The number of thiazole rings is 1. The maximum absolute atomic E-state index is 8.72. The van der Waals surface area contributed by atoms with E-state index in [1.807, 2.05) is 17.5 Å². The van der Waals surface area contributed by atoms with Gasteiger partial charge in [-0.25, -0.2) is 4.98 Å². The highest BCUT2D eigenvalue weighted by Crippen LogP contribution is 2.30. The summed E-state index contributed by atoms with van der Waals surface area (Å²) in [6.45, 7) is 6.42. The summed E-state index contributed by atoms with van der Waals surface area (Å²) in [5.41, 5.74) is 3.17. The molecule has 1 aromatic heterocycles. The van der Waals surface area contributed by atoms with E-state index in [0.717, 1.165) is 21.7 Å². The molecule has 0 unspecified atom stereocenters. The second kappa shape index (κ2) is 4.90. The predicted octanol–water partition coefficient (Wildman–Crippen LogP) is 3.92. The van der Waals surface area contributed by atoms with Gasteiger partial charge in [0, 0.05) is 17.1 Å². The molecule has 0 amide bonds. The van der Waals surface area contributed by atoms with Crippen LogP contribution in [0.2, 0.25) is 0 Å². The van der Waals surface area contributed by atoms with Gasteiger partial charge in [-0.2, -0.15) is 0 Å². The van der Waals surface area contributed by atoms with Gasteiger partial charge in [-0.05, 0) is 22.6 Å². The van der Waals surface area contributed by atoms with Gasteiger partial charge >= 0.3 is 0 Å². The van der Waals surface area contributed by atoms with Crippen LogP contribution in [0, 0.1) is 0 Å². The van der Waals surface area contributed by atoms with Crippen LogP contribution in [0.3, 0.4) is 0 Å². The fourth-order valence-corrected chi connectivity index (χ4v) is 2.51. The van der Waals surface area contributed by atoms with Gasteiger partial charge in [-0.3, -0.25) is 0 Å². The van der Waals surface area contributed by atoms with Crippen molar-refractivity contribution < 1.29 is 5.21 Å². The van der Waals surface area contributed by atoms with Gasteiger partial charge in [-0.1, -0.05) is 38.1 Å². The standard InChI is InChI=1S/C14H16N2OS/c1-14(2,3)12-8-10(13-15-6-7-18-13)4-5-11(12)9-16-17/h4-9,17H,1-3H3/b16-9+. The summed E-state index contributed by atoms with van der Waals surface area (Å²) in [7, 11) is 0. The molecule has 94 valence electrons. The number of rotatable bonds is 2. The lowest BCUT2D eigenvalue weighted by Gasteiger charge is -2.22. The first-order chi connectivity index (χ1) is 8.52. The van der Waals surface area contributed by atoms with Crippen molar-refractivity contribution in [3.8, 4) is 10.6 Å². The summed E-state index contributed by atoms with van der Waals surface area (Å²) in [6.07, 6.45) is 3.28. The Balaban J connectivity index is 2.56. The van der Waals surface area contributed by atoms with Crippen molar-refractivity contribution in [2.24, 2.45) is 5.16 Å². The first-order valence-electron chi connectivity index (χ1n) is 5.74. The minimum absolute atomic E-state index is 0.0101. The molecule has 1 N–H and O–H groups in total. The van der Waals surface area contributed by atoms with E-state index in [-0.39, 0.29) is 5.41 Å². The number of benzene rings is 1. The van der Waals surface area contributed by atoms with Crippen LogP contribution < -0.4 is 0 Å². The van der Waals surface area contributed by atoms with Gasteiger partial charge < -0.3 is 5.21 Å². The highest BCUT2D eigenvalue weighted by Gasteiger charge is 2.18. The van der Waals surface area contributed by atoms with E-state index in [2.05, 4.69) is 37.0 Å². The quantitative estimate of drug-likeness (QED) is 0.505. The lowest BCUT2D eigenvalue weighted by atomic mass is 9.83. The third-order valence-electron chi connectivity index (χ3n) is 2.74. The van der Waals surface area contributed by atoms with E-state index < -0.39 is 0 Å². The smallest absolute Gasteiger partial charge is 0.123 e. The monoisotopic (exact) mass is 260 g/mol. The van der Waals surface area contributed by atoms with Gasteiger partial charge in [0.1, 0.15) is 5.01 Å². The third kappa shape index (κ3) is 2.59. The summed E-state index contributed by atoms with van der Waals surface area (Å²) in [4.78, 5) is 4.32. The third-order valence-corrected chi connectivity index (χ3v) is 3.56. The van der Waals surface area contributed by atoms with Crippen LogP contribution in [0.15, 0.2) is 34.9 Å². The maximum Gasteiger partial charge on any atom is 0.123 e. The molecule has 0 aliphatic carbocycles. The van der Waals surface area contributed by atoms with E-state index in [1.165, 1.54) is 6.21 Å². The second-order valence-corrected chi connectivity index (χ2v) is 6.03. The average molecular weight is 260 g/mol. The molecular weight excluding hydrogens is 244 g/mol. The number of oxime groups is 1. The van der Waals surface area contributed by atoms with Crippen molar-refractivity contribution in [3.05, 3.63) is 40.9 Å². The van der Waals surface area contributed by atoms with E-state index in [4.69, 9.17) is 5.21 Å². The van der Waals surface area contributed by atoms with Crippen LogP contribution >= 0.6 is 11.3 Å². The molecule has 1 aromatic carbocycles. The summed E-state index contributed by atoms with van der Waals surface area (Å²) in [6, 6.07) is 6.10. The Morgan fingerprint density at radius 2 is 2.11 bits per heavy atom. The zero-order valence-corrected chi connectivity index (χ0v) is 11.5. The van der Waals surface area contributed by atoms with Crippen LogP contribution in [-0.4, -0.2) is 16.4 Å². The minimum Gasteiger partial charge on any atom is -0.411 e. The highest BCUT2D eigenvalue weighted by atomic mass is 32.1. The number of nitrogens with zero attached hydrogens (tertiary/aromatic N) is 2. The van der Waals surface area contributed by atoms with E-state index >= 15 is 0 Å². The van der Waals surface area contributed by atoms with Crippen molar-refractivity contribution in [2.75, 3.05) is 0 Å². The van der Waals surface area contributed by atoms with Crippen molar-refractivity contribution in [2.45, 2.75) is 26.2 Å². The van der Waals surface area contributed by atoms with Gasteiger partial charge in [0.2, 0.25) is 0 Å². The fraction of sp³-hybridized carbons (Fsp3) is 0.286. The Bertz CT molecular complexity index is 554. The zero-order valence-electron chi connectivity index (χ0n) is 10.7. The molecule has 0 atom stereocenters. The van der Waals surface area contributed by atoms with Gasteiger partial charge in [0.15, 0.2) is 0 Å². The highest BCUT2D eigenvalue weighted by molar-refractivity contribution is 7.13. The lowest BCUT2D eigenvalue weighted by molar-refractivity contribution is 0.321. The van der Waals surface area contributed by atoms with E-state index in [0.29, 0.717) is 0 Å². The average Bonchev–Trinajstić information content (AvgIpc) is 2.82. The molecule has 0 bridgehead atoms. The number of hydrogen-bond donors (Lipinski definition) is 1. The van der Waals surface area contributed by atoms with Crippen LogP contribution in [0.25, 0.3) is 10.6 Å². The Hall–Kier alpha value is -1.68. The Morgan fingerprint density at radius 3 is 2.67 bits per heavy atom. The van der Waals surface area contributed by atoms with Gasteiger partial charge in [0.25, 0.3) is 0 Å². The molecule has 1 heterocycles. The Kier molecular flexibility index (Phi) is 3.48. The van der Waals surface area contributed by atoms with Crippen molar-refractivity contribution >= 4 is 17.6 Å². The molecule has 0 fully saturated rings. The van der Waals surface area contributed by atoms with Crippen LogP contribution in [-0.2, 0) is 5.41 Å². The minimum atomic E-state index is -0.0101. The van der Waals surface area contributed by atoms with E-state index in [1.54, 1.807) is 17.5 Å². The molecule has 18 heavy (non-hydrogen) atoms. The molecule has 0 saturated carbocycles. The van der Waals surface area contributed by atoms with Gasteiger partial charge in [-0.15, -0.1) is 11.3 Å². The molecule has 4 heteroatoms. The summed E-state index contributed by atoms with van der Waals surface area (Å²) >= 11 is 1.62. The summed E-state index contributed by atoms with van der Waals surface area (Å²) in [5, 5.41) is 14.8. The predicted molar refractivity (Wildman–Crippen MR) is 75.6 cm³/mol. The summed E-state index contributed by atoms with van der Waals surface area (Å²) < 4.78 is 0. The SMILES string of the molecule is CC(C)(C)c1cc(-c2nccs2)ccc1/C=N/O. The largest absolute Gasteiger partial charge is 0.411 e. The fourth-order valence-electron chi connectivity index (χ4n) is 1.88. The molecule has 0 aliphatic rings. The molecular formula is C14H16N2OS. The number of hydrogen-bond acceptors (Lipinski definition) is 4. The topological polar surface area (TPSA) is 45.5 Å². The van der Waals surface area contributed by atoms with Gasteiger partial charge in [0.05, 0.1) is 6.21 Å². The van der Waals surface area contributed by atoms with Crippen LogP contribution in [0.4, 0.5) is 0 Å². The molecule has 2 aromatic rings. The first kappa shape index (κ1) is 12.8. The molecule has 3 nitrogen and oxygen atoms in total. The maximum atomic E-state index is 8.72. The molecule has 0 radical (unpaired) electrons. The Labute approximate surface area is 111 Å². The van der Waals surface area contributed by atoms with Crippen LogP contribution in [0.5, 0.6) is 0 Å². The second-order valence-electron chi connectivity index (χ2n) is 5.13.